The lowest BCUT2D eigenvalue weighted by atomic mass is 9.91. The van der Waals surface area contributed by atoms with E-state index in [9.17, 15) is 19.2 Å². The van der Waals surface area contributed by atoms with Crippen LogP contribution < -0.4 is 97.6 Å². The summed E-state index contributed by atoms with van der Waals surface area (Å²) in [5.74, 6) is 11.5. The second-order valence-electron chi connectivity index (χ2n) is 37.4. The summed E-state index contributed by atoms with van der Waals surface area (Å²) < 4.78 is 83.8. The third kappa shape index (κ3) is 18.3. The highest BCUT2D eigenvalue weighted by atomic mass is 16.7. The number of fused-ring (bicyclic) bond motifs is 15. The van der Waals surface area contributed by atoms with Crippen LogP contribution in [0.25, 0.3) is 60.1 Å². The second kappa shape index (κ2) is 39.3. The molecule has 5 N–H and O–H groups in total. The molecule has 0 fully saturated rings. The molecule has 0 atom stereocenters. The van der Waals surface area contributed by atoms with Gasteiger partial charge in [0, 0.05) is 147 Å². The smallest absolute Gasteiger partial charge is 0.231 e. The van der Waals surface area contributed by atoms with Crippen molar-refractivity contribution < 1.29 is 90.2 Å². The molecular weight excluding hydrogens is 1830 g/mol. The average molecular weight is 1940 g/mol. The van der Waals surface area contributed by atoms with Crippen molar-refractivity contribution in [2.45, 2.75) is 145 Å². The van der Waals surface area contributed by atoms with Gasteiger partial charge in [0.15, 0.2) is 80.6 Å². The highest BCUT2D eigenvalue weighted by Gasteiger charge is 2.35. The molecule has 0 spiro atoms. The van der Waals surface area contributed by atoms with E-state index in [1.165, 1.54) is 5.56 Å². The van der Waals surface area contributed by atoms with E-state index < -0.39 is 0 Å². The van der Waals surface area contributed by atoms with Crippen LogP contribution in [0.3, 0.4) is 0 Å². The minimum Gasteiger partial charge on any atom is -0.497 e. The molecule has 0 bridgehead atoms. The molecule has 25 rings (SSSR count). The minimum atomic E-state index is 0.121. The lowest BCUT2D eigenvalue weighted by Gasteiger charge is -2.24. The van der Waals surface area contributed by atoms with Gasteiger partial charge in [-0.1, -0.05) is 6.58 Å². The fourth-order valence-corrected chi connectivity index (χ4v) is 20.4. The van der Waals surface area contributed by atoms with Crippen molar-refractivity contribution >= 4 is 140 Å². The maximum atomic E-state index is 12.9. The van der Waals surface area contributed by atoms with Gasteiger partial charge in [0.2, 0.25) is 20.4 Å². The number of nitrogens with zero attached hydrogens (tertiary/aromatic N) is 5. The molecule has 10 aliphatic rings. The summed E-state index contributed by atoms with van der Waals surface area (Å²) in [4.78, 5) is 75.5. The summed E-state index contributed by atoms with van der Waals surface area (Å²) >= 11 is 0. The molecule has 0 unspecified atom stereocenters. The normalized spacial score (nSPS) is 14.9. The zero-order valence-electron chi connectivity index (χ0n) is 82.8. The number of ketones is 4. The van der Waals surface area contributed by atoms with Crippen LogP contribution in [0.5, 0.6) is 86.2 Å². The molecule has 29 heteroatoms. The van der Waals surface area contributed by atoms with E-state index in [0.717, 1.165) is 294 Å². The van der Waals surface area contributed by atoms with Crippen LogP contribution in [0, 0.1) is 55.4 Å². The van der Waals surface area contributed by atoms with Crippen LogP contribution >= 0.6 is 0 Å². The number of carbonyl (C=O) groups excluding carboxylic acids is 4. The number of pyridine rings is 5. The zero-order valence-corrected chi connectivity index (χ0v) is 82.8. The SMILES string of the molecule is C=C1CCc2nc3cc4c(cc3c(Nc3cc(C)c(C)c(OC)c3)c21)OCO4.COc1cc(C)cc(Nc2c3c(nc4cc5c(cc24)OCCO5)CCCC3=O)c1.COc1cc(C)cc(Nc2c3c(nc4cc5c(cc24)OCO5)CCCC3=O)c1.COc1cc(Nc2c3c(nc4cc5c(cc24)OCCO5)CCCC3=O)cc(C)c1C.COc1cc(Nc2c3c(nc4cc5c(cc24)OCO5)CCCC3=O)cc(C)c1C. The van der Waals surface area contributed by atoms with Gasteiger partial charge in [-0.3, -0.25) is 44.1 Å². The first-order chi connectivity index (χ1) is 69.9. The number of hydrogen-bond donors (Lipinski definition) is 5. The Labute approximate surface area is 831 Å². The molecule has 5 aromatic heterocycles. The molecule has 0 saturated heterocycles. The molecule has 734 valence electrons. The number of nitrogens with one attached hydrogen (secondary N) is 5. The molecule has 10 aromatic carbocycles. The second-order valence-corrected chi connectivity index (χ2v) is 37.4. The number of rotatable bonds is 15. The highest BCUT2D eigenvalue weighted by molar-refractivity contribution is 6.15. The Morgan fingerprint density at radius 2 is 0.500 bits per heavy atom. The largest absolute Gasteiger partial charge is 0.497 e. The number of anilines is 10. The van der Waals surface area contributed by atoms with E-state index in [1.807, 2.05) is 150 Å². The van der Waals surface area contributed by atoms with Gasteiger partial charge in [-0.25, -0.2) is 0 Å². The maximum absolute atomic E-state index is 12.9. The molecule has 5 aliphatic carbocycles. The van der Waals surface area contributed by atoms with Gasteiger partial charge in [0.05, 0.1) is 142 Å². The van der Waals surface area contributed by atoms with Crippen LogP contribution in [0.2, 0.25) is 0 Å². The Kier molecular flexibility index (Phi) is 25.6. The van der Waals surface area contributed by atoms with Gasteiger partial charge in [-0.05, 0) is 242 Å². The number of aryl methyl sites for hydroxylation is 10. The first-order valence-corrected chi connectivity index (χ1v) is 48.6. The van der Waals surface area contributed by atoms with E-state index in [1.54, 1.807) is 35.5 Å². The van der Waals surface area contributed by atoms with E-state index in [4.69, 9.17) is 96.0 Å². The monoisotopic (exact) mass is 1930 g/mol. The van der Waals surface area contributed by atoms with Crippen LogP contribution in [0.15, 0.2) is 140 Å². The van der Waals surface area contributed by atoms with Crippen LogP contribution in [-0.2, 0) is 32.1 Å². The van der Waals surface area contributed by atoms with E-state index >= 15 is 0 Å². The predicted octanol–water partition coefficient (Wildman–Crippen LogP) is 24.2. The zero-order chi connectivity index (χ0) is 99.6. The summed E-state index contributed by atoms with van der Waals surface area (Å²) in [6.45, 7) is 23.3. The summed E-state index contributed by atoms with van der Waals surface area (Å²) in [6.07, 6.45) is 10.4. The number of methoxy groups -OCH3 is 5. The molecule has 10 heterocycles. The van der Waals surface area contributed by atoms with Gasteiger partial charge < -0.3 is 97.6 Å². The van der Waals surface area contributed by atoms with E-state index in [-0.39, 0.29) is 43.5 Å². The maximum Gasteiger partial charge on any atom is 0.231 e. The first kappa shape index (κ1) is 93.9. The Morgan fingerprint density at radius 3 is 0.771 bits per heavy atom. The molecule has 5 aliphatic heterocycles. The highest BCUT2D eigenvalue weighted by Crippen LogP contribution is 2.51. The Bertz CT molecular complexity index is 7890. The van der Waals surface area contributed by atoms with Crippen molar-refractivity contribution in [1.29, 1.82) is 0 Å². The van der Waals surface area contributed by atoms with E-state index in [2.05, 4.69) is 72.1 Å². The van der Waals surface area contributed by atoms with Crippen molar-refractivity contribution in [2.24, 2.45) is 0 Å². The molecule has 29 nitrogen and oxygen atoms in total. The van der Waals surface area contributed by atoms with Gasteiger partial charge in [-0.2, -0.15) is 0 Å². The third-order valence-electron chi connectivity index (χ3n) is 28.0. The Balaban J connectivity index is 0.000000106. The molecular formula is C115H110N10O19. The summed E-state index contributed by atoms with van der Waals surface area (Å²) in [6, 6.07) is 43.3. The lowest BCUT2D eigenvalue weighted by molar-refractivity contribution is 0.0964. The fourth-order valence-electron chi connectivity index (χ4n) is 20.4. The van der Waals surface area contributed by atoms with Crippen molar-refractivity contribution in [3.05, 3.63) is 241 Å². The van der Waals surface area contributed by atoms with Crippen LogP contribution in [-0.4, -0.2) is 130 Å². The molecule has 144 heavy (non-hydrogen) atoms. The molecule has 0 saturated carbocycles. The fraction of sp³-hybridized carbons (Fsp3) is 0.296. The molecule has 15 aromatic rings. The Hall–Kier alpha value is -16.3. The van der Waals surface area contributed by atoms with Crippen LogP contribution in [0.4, 0.5) is 56.9 Å². The van der Waals surface area contributed by atoms with Gasteiger partial charge in [0.25, 0.3) is 0 Å². The van der Waals surface area contributed by atoms with Gasteiger partial charge in [-0.15, -0.1) is 0 Å². The first-order valence-electron chi connectivity index (χ1n) is 48.6. The van der Waals surface area contributed by atoms with Crippen LogP contribution in [0.1, 0.15) is 178 Å². The number of hydrogen-bond acceptors (Lipinski definition) is 29. The summed E-state index contributed by atoms with van der Waals surface area (Å²) in [5, 5.41) is 22.0. The number of aromatic nitrogens is 5. The number of carbonyl (C=O) groups is 4. The average Bonchev–Trinajstić information content (AvgIpc) is 1.30. The van der Waals surface area contributed by atoms with Crippen molar-refractivity contribution in [3.8, 4) is 86.2 Å². The van der Waals surface area contributed by atoms with Gasteiger partial charge in [0.1, 0.15) is 55.2 Å². The number of ether oxygens (including phenoxy) is 15. The van der Waals surface area contributed by atoms with Gasteiger partial charge >= 0.3 is 0 Å². The third-order valence-corrected chi connectivity index (χ3v) is 28.0. The van der Waals surface area contributed by atoms with Crippen molar-refractivity contribution in [2.75, 3.05) is 109 Å². The quantitative estimate of drug-likeness (QED) is 0.0636. The summed E-state index contributed by atoms with van der Waals surface area (Å²) in [7, 11) is 8.33. The minimum absolute atomic E-state index is 0.121. The predicted molar refractivity (Wildman–Crippen MR) is 555 cm³/mol. The standard InChI is InChI=1S/C24H24N2O4.2C23H22N2O4.C23H22N2O3.C22H20N2O4/c1-13-9-15(10-20(28-3)14(13)2)25-24-16-11-21-22(30-8-7-29-21)12-18(16)26-17-5-4-6-19(27)23(17)24;1-12-7-14(8-19(27-3)13(12)2)24-23-15-9-20-21(29-11-28-20)10-17(15)25-16-5-4-6-18(26)22(16)23;1-13-8-14(10-15(9-13)27-2)24-23-16-11-20-21(29-7-6-28-20)12-18(16)25-17-4-3-5-19(26)22(17)23;1-12-5-6-17-22(12)23(24-15-7-13(2)14(3)19(8-15)26-4)16-9-20-21(28-11-27-20)10-18(16)25-17;1-12-6-13(8-14(7-12)26-2)23-22-15-9-19-20(28-11-27-19)10-17(15)24-16-4-3-5-18(25)21(16)22/h9-12H,4-8H2,1-3H3,(H,25,26);7-10H,4-6,11H2,1-3H3,(H,24,25);8-12H,3-7H2,1-2H3,(H,24,25);7-10H,1,5-6,11H2,2-4H3,(H,24,25);6-10H,3-5,11H2,1-2H3,(H,23,24). The van der Waals surface area contributed by atoms with E-state index in [0.29, 0.717) is 120 Å². The number of allylic oxidation sites excluding steroid dienone is 1. The Morgan fingerprint density at radius 1 is 0.257 bits per heavy atom. The van der Waals surface area contributed by atoms with Crippen molar-refractivity contribution in [1.82, 2.24) is 24.9 Å². The van der Waals surface area contributed by atoms with Crippen molar-refractivity contribution in [3.63, 3.8) is 0 Å². The molecule has 0 radical (unpaired) electrons. The number of benzene rings is 10. The molecule has 0 amide bonds. The topological polar surface area (TPSA) is 331 Å². The summed E-state index contributed by atoms with van der Waals surface area (Å²) in [5.41, 5.74) is 30.9. The number of Topliss-reactive ketones (excluding diaryl/α,β-unsaturated/α-hetero) is 4. The lowest BCUT2D eigenvalue weighted by Crippen LogP contribution is -2.17.